The van der Waals surface area contributed by atoms with Gasteiger partial charge in [0.15, 0.2) is 0 Å². The minimum absolute atomic E-state index is 0.0115. The highest BCUT2D eigenvalue weighted by Crippen LogP contribution is 2.40. The van der Waals surface area contributed by atoms with Gasteiger partial charge in [0.25, 0.3) is 10.2 Å². The maximum atomic E-state index is 12.2. The maximum Gasteiger partial charge on any atom is 0.296 e. The number of carbonyl (C=O) groups excluding carboxylic acids is 1. The molecule has 1 aromatic carbocycles. The fourth-order valence-electron chi connectivity index (χ4n) is 3.32. The third kappa shape index (κ3) is 3.27. The van der Waals surface area contributed by atoms with Crippen LogP contribution in [0.5, 0.6) is 0 Å². The van der Waals surface area contributed by atoms with Gasteiger partial charge in [0.05, 0.1) is 5.69 Å². The van der Waals surface area contributed by atoms with Crippen molar-refractivity contribution in [2.24, 2.45) is 11.1 Å². The maximum absolute atomic E-state index is 12.2. The summed E-state index contributed by atoms with van der Waals surface area (Å²) < 4.78 is 24.5. The highest BCUT2D eigenvalue weighted by molar-refractivity contribution is 7.90. The second kappa shape index (κ2) is 5.42. The van der Waals surface area contributed by atoms with Gasteiger partial charge >= 0.3 is 0 Å². The summed E-state index contributed by atoms with van der Waals surface area (Å²) in [5.74, 6) is 0.983. The summed E-state index contributed by atoms with van der Waals surface area (Å²) in [6.07, 6.45) is 5.89. The van der Waals surface area contributed by atoms with Crippen LogP contribution in [-0.2, 0) is 21.4 Å². The van der Waals surface area contributed by atoms with Crippen LogP contribution >= 0.6 is 0 Å². The highest BCUT2D eigenvalue weighted by Gasteiger charge is 2.31. The van der Waals surface area contributed by atoms with Crippen LogP contribution in [0.25, 0.3) is 0 Å². The first-order valence-electron chi connectivity index (χ1n) is 7.38. The van der Waals surface area contributed by atoms with E-state index in [0.29, 0.717) is 30.2 Å². The van der Waals surface area contributed by atoms with Gasteiger partial charge in [-0.3, -0.25) is 9.52 Å². The molecule has 1 aromatic rings. The molecule has 0 bridgehead atoms. The van der Waals surface area contributed by atoms with Gasteiger partial charge in [-0.05, 0) is 42.0 Å². The van der Waals surface area contributed by atoms with Crippen LogP contribution in [0.3, 0.4) is 0 Å². The molecule has 0 aliphatic heterocycles. The van der Waals surface area contributed by atoms with Crippen molar-refractivity contribution in [3.8, 4) is 0 Å². The minimum atomic E-state index is -3.76. The summed E-state index contributed by atoms with van der Waals surface area (Å²) >= 11 is 0. The molecule has 6 heteroatoms. The van der Waals surface area contributed by atoms with Gasteiger partial charge in [-0.15, -0.1) is 0 Å². The number of hydrogen-bond acceptors (Lipinski definition) is 3. The molecule has 0 saturated heterocycles. The third-order valence-corrected chi connectivity index (χ3v) is 5.12. The largest absolute Gasteiger partial charge is 0.299 e. The number of fused-ring (bicyclic) bond motifs is 1. The molecule has 0 amide bonds. The zero-order valence-corrected chi connectivity index (χ0v) is 12.7. The number of ketones is 1. The summed E-state index contributed by atoms with van der Waals surface area (Å²) in [5, 5.41) is 4.99. The van der Waals surface area contributed by atoms with Crippen molar-refractivity contribution in [3.63, 3.8) is 0 Å². The Morgan fingerprint density at radius 1 is 1.24 bits per heavy atom. The average Bonchev–Trinajstić information content (AvgIpc) is 2.33. The molecule has 2 aliphatic carbocycles. The van der Waals surface area contributed by atoms with Crippen LogP contribution < -0.4 is 9.86 Å². The number of carbonyl (C=O) groups is 1. The number of hydrogen-bond donors (Lipinski definition) is 2. The molecule has 1 saturated carbocycles. The number of rotatable bonds is 4. The summed E-state index contributed by atoms with van der Waals surface area (Å²) in [6.45, 7) is 0. The van der Waals surface area contributed by atoms with Crippen LogP contribution in [0.1, 0.15) is 49.1 Å². The van der Waals surface area contributed by atoms with Gasteiger partial charge < -0.3 is 0 Å². The average molecular weight is 308 g/mol. The second-order valence-corrected chi connectivity index (χ2v) is 7.41. The number of benzene rings is 1. The van der Waals surface area contributed by atoms with Gasteiger partial charge in [-0.1, -0.05) is 25.3 Å². The second-order valence-electron chi connectivity index (χ2n) is 6.11. The van der Waals surface area contributed by atoms with Crippen molar-refractivity contribution in [2.75, 3.05) is 4.72 Å². The standard InChI is InChI=1S/C15H20N2O3S/c16-21(19,20)17-12-5-6-13-11(9-12)4-7-15(18)14(13)8-10-2-1-3-10/h5-6,9-10,14,17H,1-4,7-8H2,(H2,16,19,20)/t14-/m0/s1. The van der Waals surface area contributed by atoms with Gasteiger partial charge in [0.2, 0.25) is 0 Å². The van der Waals surface area contributed by atoms with Crippen LogP contribution in [0.15, 0.2) is 18.2 Å². The minimum Gasteiger partial charge on any atom is -0.299 e. The predicted molar refractivity (Wildman–Crippen MR) is 81.2 cm³/mol. The van der Waals surface area contributed by atoms with E-state index in [1.54, 1.807) is 12.1 Å². The number of aryl methyl sites for hydroxylation is 1. The molecule has 3 N–H and O–H groups in total. The molecule has 1 atom stereocenters. The first kappa shape index (κ1) is 14.5. The van der Waals surface area contributed by atoms with E-state index in [1.165, 1.54) is 19.3 Å². The first-order chi connectivity index (χ1) is 9.92. The molecule has 0 radical (unpaired) electrons. The molecule has 5 nitrogen and oxygen atoms in total. The van der Waals surface area contributed by atoms with E-state index in [9.17, 15) is 13.2 Å². The molecule has 0 heterocycles. The molecule has 3 rings (SSSR count). The zero-order chi connectivity index (χ0) is 15.0. The van der Waals surface area contributed by atoms with Crippen molar-refractivity contribution < 1.29 is 13.2 Å². The molecule has 114 valence electrons. The molecule has 2 aliphatic rings. The molecular formula is C15H20N2O3S. The number of Topliss-reactive ketones (excluding diaryl/α,β-unsaturated/α-hetero) is 1. The van der Waals surface area contributed by atoms with Crippen LogP contribution in [0, 0.1) is 5.92 Å². The Morgan fingerprint density at radius 2 is 2.00 bits per heavy atom. The Labute approximate surface area is 125 Å². The van der Waals surface area contributed by atoms with Gasteiger partial charge in [0.1, 0.15) is 5.78 Å². The van der Waals surface area contributed by atoms with Crippen molar-refractivity contribution in [1.29, 1.82) is 0 Å². The number of nitrogens with one attached hydrogen (secondary N) is 1. The lowest BCUT2D eigenvalue weighted by Gasteiger charge is -2.32. The van der Waals surface area contributed by atoms with Gasteiger partial charge in [-0.25, -0.2) is 5.14 Å². The summed E-state index contributed by atoms with van der Waals surface area (Å²) in [5.41, 5.74) is 2.60. The summed E-state index contributed by atoms with van der Waals surface area (Å²) in [7, 11) is -3.76. The quantitative estimate of drug-likeness (QED) is 0.892. The van der Waals surface area contributed by atoms with Crippen LogP contribution in [0.2, 0.25) is 0 Å². The van der Waals surface area contributed by atoms with Crippen molar-refractivity contribution in [1.82, 2.24) is 0 Å². The van der Waals surface area contributed by atoms with Crippen LogP contribution in [0.4, 0.5) is 5.69 Å². The number of nitrogens with two attached hydrogens (primary N) is 1. The van der Waals surface area contributed by atoms with E-state index in [1.807, 2.05) is 6.07 Å². The Balaban J connectivity index is 1.86. The lowest BCUT2D eigenvalue weighted by molar-refractivity contribution is -0.121. The van der Waals surface area contributed by atoms with Crippen LogP contribution in [-0.4, -0.2) is 14.2 Å². The van der Waals surface area contributed by atoms with Gasteiger partial charge in [0, 0.05) is 12.3 Å². The molecule has 21 heavy (non-hydrogen) atoms. The Hall–Kier alpha value is -1.40. The monoisotopic (exact) mass is 308 g/mol. The molecule has 0 spiro atoms. The number of anilines is 1. The van der Waals surface area contributed by atoms with Crippen molar-refractivity contribution in [3.05, 3.63) is 29.3 Å². The highest BCUT2D eigenvalue weighted by atomic mass is 32.2. The third-order valence-electron chi connectivity index (χ3n) is 4.60. The Bertz CT molecular complexity index is 665. The fraction of sp³-hybridized carbons (Fsp3) is 0.533. The first-order valence-corrected chi connectivity index (χ1v) is 8.93. The Morgan fingerprint density at radius 3 is 2.62 bits per heavy atom. The van der Waals surface area contributed by atoms with E-state index in [2.05, 4.69) is 4.72 Å². The zero-order valence-electron chi connectivity index (χ0n) is 11.8. The fourth-order valence-corrected chi connectivity index (χ4v) is 3.77. The molecule has 0 unspecified atom stereocenters. The normalized spacial score (nSPS) is 22.5. The summed E-state index contributed by atoms with van der Waals surface area (Å²) in [4.78, 5) is 12.2. The molecule has 1 fully saturated rings. The lowest BCUT2D eigenvalue weighted by atomic mass is 9.72. The van der Waals surface area contributed by atoms with E-state index in [0.717, 1.165) is 17.5 Å². The van der Waals surface area contributed by atoms with E-state index in [-0.39, 0.29) is 5.92 Å². The van der Waals surface area contributed by atoms with Crippen molar-refractivity contribution in [2.45, 2.75) is 44.4 Å². The molecule has 0 aromatic heterocycles. The topological polar surface area (TPSA) is 89.3 Å². The summed E-state index contributed by atoms with van der Waals surface area (Å²) in [6, 6.07) is 5.37. The SMILES string of the molecule is NS(=O)(=O)Nc1ccc2c(c1)CCC(=O)[C@H]2CC1CCC1. The lowest BCUT2D eigenvalue weighted by Crippen LogP contribution is -2.26. The van der Waals surface area contributed by atoms with E-state index >= 15 is 0 Å². The van der Waals surface area contributed by atoms with E-state index < -0.39 is 10.2 Å². The Kier molecular flexibility index (Phi) is 3.75. The smallest absolute Gasteiger partial charge is 0.296 e. The van der Waals surface area contributed by atoms with Crippen molar-refractivity contribution >= 4 is 21.7 Å². The van der Waals surface area contributed by atoms with Gasteiger partial charge in [-0.2, -0.15) is 8.42 Å². The predicted octanol–water partition coefficient (Wildman–Crippen LogP) is 2.09. The molecular weight excluding hydrogens is 288 g/mol. The van der Waals surface area contributed by atoms with E-state index in [4.69, 9.17) is 5.14 Å².